The lowest BCUT2D eigenvalue weighted by atomic mass is 10.2. The summed E-state index contributed by atoms with van der Waals surface area (Å²) in [6, 6.07) is 0. The lowest BCUT2D eigenvalue weighted by Gasteiger charge is -2.32. The second kappa shape index (κ2) is 4.02. The molecule has 0 aromatic carbocycles. The average Bonchev–Trinajstić information content (AvgIpc) is 1.91. The molecule has 0 aromatic heterocycles. The Labute approximate surface area is 86.0 Å². The third-order valence-electron chi connectivity index (χ3n) is 1.93. The summed E-state index contributed by atoms with van der Waals surface area (Å²) >= 11 is 0. The van der Waals surface area contributed by atoms with Gasteiger partial charge in [0.05, 0.1) is 0 Å². The molecule has 94 valence electrons. The number of carbonyl (C=O) groups is 1. The molecular formula is C7H7F6NO2. The monoisotopic (exact) mass is 251 g/mol. The van der Waals surface area contributed by atoms with E-state index in [9.17, 15) is 31.1 Å². The second-order valence-corrected chi connectivity index (χ2v) is 3.19. The Morgan fingerprint density at radius 2 is 1.50 bits per heavy atom. The molecule has 3 nitrogen and oxygen atoms in total. The number of carbonyl (C=O) groups excluding carboxylic acids is 1. The molecule has 0 aliphatic carbocycles. The van der Waals surface area contributed by atoms with Gasteiger partial charge in [-0.1, -0.05) is 0 Å². The number of halogens is 6. The highest BCUT2D eigenvalue weighted by Crippen LogP contribution is 2.36. The number of ether oxygens (including phenoxy) is 1. The lowest BCUT2D eigenvalue weighted by molar-refractivity contribution is -0.308. The van der Waals surface area contributed by atoms with E-state index in [4.69, 9.17) is 0 Å². The van der Waals surface area contributed by atoms with E-state index in [1.807, 2.05) is 0 Å². The zero-order valence-electron chi connectivity index (χ0n) is 7.73. The van der Waals surface area contributed by atoms with Gasteiger partial charge in [-0.3, -0.25) is 0 Å². The summed E-state index contributed by atoms with van der Waals surface area (Å²) in [6.45, 7) is 0.225. The molecule has 0 aromatic rings. The zero-order chi connectivity index (χ0) is 12.6. The first kappa shape index (κ1) is 12.9. The van der Waals surface area contributed by atoms with E-state index in [1.165, 1.54) is 0 Å². The summed E-state index contributed by atoms with van der Waals surface area (Å²) < 4.78 is 75.1. The highest BCUT2D eigenvalue weighted by Gasteiger charge is 2.60. The van der Waals surface area contributed by atoms with Gasteiger partial charge in [0.25, 0.3) is 6.10 Å². The molecule has 1 aliphatic rings. The minimum Gasteiger partial charge on any atom is -0.426 e. The predicted molar refractivity (Wildman–Crippen MR) is 38.6 cm³/mol. The van der Waals surface area contributed by atoms with Crippen LogP contribution in [-0.4, -0.2) is 42.5 Å². The fraction of sp³-hybridized carbons (Fsp3) is 0.857. The van der Waals surface area contributed by atoms with Crippen LogP contribution in [0.25, 0.3) is 0 Å². The van der Waals surface area contributed by atoms with Crippen molar-refractivity contribution in [2.45, 2.75) is 24.9 Å². The number of amides is 1. The minimum absolute atomic E-state index is 0.112. The molecule has 0 radical (unpaired) electrons. The van der Waals surface area contributed by atoms with Gasteiger partial charge in [0.2, 0.25) is 0 Å². The number of alkyl halides is 6. The van der Waals surface area contributed by atoms with E-state index in [1.54, 1.807) is 0 Å². The van der Waals surface area contributed by atoms with Crippen LogP contribution in [0, 0.1) is 0 Å². The molecule has 1 aliphatic heterocycles. The van der Waals surface area contributed by atoms with Crippen molar-refractivity contribution in [2.75, 3.05) is 13.1 Å². The Hall–Kier alpha value is -1.15. The van der Waals surface area contributed by atoms with Crippen molar-refractivity contribution in [2.24, 2.45) is 0 Å². The Balaban J connectivity index is 2.67. The summed E-state index contributed by atoms with van der Waals surface area (Å²) in [4.78, 5) is 11.6. The Kier molecular flexibility index (Phi) is 3.25. The fourth-order valence-electron chi connectivity index (χ4n) is 0.993. The molecule has 1 rings (SSSR count). The van der Waals surface area contributed by atoms with Gasteiger partial charge in [-0.2, -0.15) is 26.3 Å². The van der Waals surface area contributed by atoms with E-state index in [0.29, 0.717) is 6.42 Å². The summed E-state index contributed by atoms with van der Waals surface area (Å²) in [7, 11) is 0. The molecule has 0 bridgehead atoms. The minimum atomic E-state index is -5.65. The second-order valence-electron chi connectivity index (χ2n) is 3.19. The van der Waals surface area contributed by atoms with Crippen LogP contribution in [0.4, 0.5) is 31.1 Å². The number of nitrogens with zero attached hydrogens (tertiary/aromatic N) is 1. The van der Waals surface area contributed by atoms with Crippen LogP contribution in [0.2, 0.25) is 0 Å². The maximum Gasteiger partial charge on any atom is 0.434 e. The standard InChI is InChI=1S/C7H7F6NO2/c8-6(9,10)4(7(11,12)13)16-5(15)14-2-1-3-14/h4H,1-3H2. The molecule has 0 atom stereocenters. The fourth-order valence-corrected chi connectivity index (χ4v) is 0.993. The van der Waals surface area contributed by atoms with Crippen molar-refractivity contribution in [3.63, 3.8) is 0 Å². The van der Waals surface area contributed by atoms with Crippen LogP contribution < -0.4 is 0 Å². The van der Waals surface area contributed by atoms with Crippen molar-refractivity contribution >= 4 is 6.09 Å². The van der Waals surface area contributed by atoms with E-state index in [-0.39, 0.29) is 13.1 Å². The molecule has 0 saturated carbocycles. The third-order valence-corrected chi connectivity index (χ3v) is 1.93. The molecule has 9 heteroatoms. The number of hydrogen-bond donors (Lipinski definition) is 0. The van der Waals surface area contributed by atoms with Crippen molar-refractivity contribution in [1.82, 2.24) is 4.90 Å². The summed E-state index contributed by atoms with van der Waals surface area (Å²) in [5.41, 5.74) is 0. The first-order valence-electron chi connectivity index (χ1n) is 4.21. The first-order chi connectivity index (χ1) is 7.12. The molecule has 1 saturated heterocycles. The van der Waals surface area contributed by atoms with Gasteiger partial charge in [0.15, 0.2) is 0 Å². The highest BCUT2D eigenvalue weighted by atomic mass is 19.4. The number of hydrogen-bond acceptors (Lipinski definition) is 2. The van der Waals surface area contributed by atoms with Crippen LogP contribution in [0.5, 0.6) is 0 Å². The smallest absolute Gasteiger partial charge is 0.426 e. The van der Waals surface area contributed by atoms with Crippen molar-refractivity contribution in [3.05, 3.63) is 0 Å². The Bertz CT molecular complexity index is 255. The van der Waals surface area contributed by atoms with E-state index in [0.717, 1.165) is 4.90 Å². The molecule has 1 heterocycles. The van der Waals surface area contributed by atoms with Gasteiger partial charge in [-0.15, -0.1) is 0 Å². The first-order valence-corrected chi connectivity index (χ1v) is 4.21. The van der Waals surface area contributed by atoms with Gasteiger partial charge in [0.1, 0.15) is 0 Å². The summed E-state index contributed by atoms with van der Waals surface area (Å²) in [5.74, 6) is 0. The highest BCUT2D eigenvalue weighted by molar-refractivity contribution is 5.68. The van der Waals surface area contributed by atoms with Crippen LogP contribution in [-0.2, 0) is 4.74 Å². The summed E-state index contributed by atoms with van der Waals surface area (Å²) in [5, 5.41) is 0. The van der Waals surface area contributed by atoms with Crippen molar-refractivity contribution in [3.8, 4) is 0 Å². The molecule has 1 fully saturated rings. The SMILES string of the molecule is O=C(OC(C(F)(F)F)C(F)(F)F)N1CCC1. The van der Waals surface area contributed by atoms with Gasteiger partial charge in [-0.05, 0) is 6.42 Å². The van der Waals surface area contributed by atoms with Crippen LogP contribution >= 0.6 is 0 Å². The number of likely N-dealkylation sites (tertiary alicyclic amines) is 1. The lowest BCUT2D eigenvalue weighted by Crippen LogP contribution is -2.50. The summed E-state index contributed by atoms with van der Waals surface area (Å²) in [6.07, 6.45) is -16.4. The van der Waals surface area contributed by atoms with Crippen molar-refractivity contribution in [1.29, 1.82) is 0 Å². The maximum absolute atomic E-state index is 11.9. The van der Waals surface area contributed by atoms with Crippen molar-refractivity contribution < 1.29 is 35.9 Å². The predicted octanol–water partition coefficient (Wildman–Crippen LogP) is 2.32. The Morgan fingerprint density at radius 3 is 1.75 bits per heavy atom. The normalized spacial score (nSPS) is 17.3. The van der Waals surface area contributed by atoms with Crippen LogP contribution in [0.3, 0.4) is 0 Å². The molecule has 16 heavy (non-hydrogen) atoms. The molecule has 0 unspecified atom stereocenters. The van der Waals surface area contributed by atoms with Crippen LogP contribution in [0.1, 0.15) is 6.42 Å². The van der Waals surface area contributed by atoms with Gasteiger partial charge in [-0.25, -0.2) is 4.79 Å². The largest absolute Gasteiger partial charge is 0.434 e. The van der Waals surface area contributed by atoms with E-state index >= 15 is 0 Å². The topological polar surface area (TPSA) is 29.5 Å². The van der Waals surface area contributed by atoms with Crippen LogP contribution in [0.15, 0.2) is 0 Å². The third kappa shape index (κ3) is 2.92. The maximum atomic E-state index is 11.9. The molecular weight excluding hydrogens is 244 g/mol. The zero-order valence-corrected chi connectivity index (χ0v) is 7.73. The van der Waals surface area contributed by atoms with Gasteiger partial charge < -0.3 is 9.64 Å². The molecule has 1 amide bonds. The molecule has 0 spiro atoms. The average molecular weight is 251 g/mol. The molecule has 0 N–H and O–H groups in total. The van der Waals surface area contributed by atoms with E-state index in [2.05, 4.69) is 4.74 Å². The van der Waals surface area contributed by atoms with E-state index < -0.39 is 24.5 Å². The number of rotatable bonds is 1. The quantitative estimate of drug-likeness (QED) is 0.669. The Morgan fingerprint density at radius 1 is 1.06 bits per heavy atom. The van der Waals surface area contributed by atoms with Gasteiger partial charge >= 0.3 is 18.4 Å². The van der Waals surface area contributed by atoms with Gasteiger partial charge in [0, 0.05) is 13.1 Å².